The summed E-state index contributed by atoms with van der Waals surface area (Å²) in [7, 11) is 0. The second-order valence-corrected chi connectivity index (χ2v) is 1.81. The van der Waals surface area contributed by atoms with Crippen molar-refractivity contribution < 1.29 is 4.79 Å². The van der Waals surface area contributed by atoms with Gasteiger partial charge in [0.15, 0.2) is 0 Å². The van der Waals surface area contributed by atoms with Crippen LogP contribution in [0, 0.1) is 5.92 Å². The van der Waals surface area contributed by atoms with Crippen LogP contribution in [-0.2, 0) is 4.79 Å². The van der Waals surface area contributed by atoms with E-state index in [1.165, 1.54) is 0 Å². The van der Waals surface area contributed by atoms with Gasteiger partial charge in [-0.1, -0.05) is 0 Å². The van der Waals surface area contributed by atoms with Gasteiger partial charge in [-0.05, 0) is 6.42 Å². The minimum Gasteiger partial charge on any atom is -0.303 e. The molecule has 0 saturated carbocycles. The molecular weight excluding hydrogens is 90.1 g/mol. The van der Waals surface area contributed by atoms with Crippen molar-refractivity contribution in [3.05, 3.63) is 0 Å². The molecule has 0 aromatic carbocycles. The van der Waals surface area contributed by atoms with E-state index in [4.69, 9.17) is 0 Å². The largest absolute Gasteiger partial charge is 0.303 e. The van der Waals surface area contributed by atoms with Crippen LogP contribution in [0.15, 0.2) is 0 Å². The molecule has 0 aromatic rings. The van der Waals surface area contributed by atoms with Crippen LogP contribution in [0.4, 0.5) is 0 Å². The first-order valence-electron chi connectivity index (χ1n) is 2.52. The number of hydrogen-bond acceptors (Lipinski definition) is 1. The van der Waals surface area contributed by atoms with Crippen molar-refractivity contribution in [3.63, 3.8) is 0 Å². The van der Waals surface area contributed by atoms with Crippen molar-refractivity contribution in [1.82, 2.24) is 5.32 Å². The number of nitrogens with zero attached hydrogens (tertiary/aromatic N) is 1. The normalized spacial score (nSPS) is 30.6. The van der Waals surface area contributed by atoms with Crippen LogP contribution >= 0.6 is 0 Å². The summed E-state index contributed by atoms with van der Waals surface area (Å²) in [6, 6.07) is 0. The van der Waals surface area contributed by atoms with E-state index in [2.05, 4.69) is 5.32 Å². The summed E-state index contributed by atoms with van der Waals surface area (Å²) < 4.78 is 0. The first kappa shape index (κ1) is 4.78. The highest BCUT2D eigenvalue weighted by atomic mass is 16.1. The van der Waals surface area contributed by atoms with E-state index in [1.807, 2.05) is 0 Å². The maximum Gasteiger partial charge on any atom is 0.124 e. The molecule has 1 saturated heterocycles. The van der Waals surface area contributed by atoms with Crippen LogP contribution < -0.4 is 5.32 Å². The van der Waals surface area contributed by atoms with E-state index >= 15 is 0 Å². The molecule has 1 aliphatic rings. The Morgan fingerprint density at radius 3 is 2.86 bits per heavy atom. The highest BCUT2D eigenvalue weighted by Gasteiger charge is 2.12. The second kappa shape index (κ2) is 2.07. The van der Waals surface area contributed by atoms with Gasteiger partial charge in [0.05, 0.1) is 0 Å². The summed E-state index contributed by atoms with van der Waals surface area (Å²) in [5, 5.41) is 4.00. The molecule has 1 atom stereocenters. The number of aldehydes is 1. The van der Waals surface area contributed by atoms with E-state index in [0.717, 1.165) is 25.8 Å². The predicted molar refractivity (Wildman–Crippen MR) is 26.0 cm³/mol. The molecule has 1 aliphatic heterocycles. The van der Waals surface area contributed by atoms with E-state index < -0.39 is 0 Å². The fraction of sp³-hybridized carbons (Fsp3) is 0.800. The molecule has 0 bridgehead atoms. The van der Waals surface area contributed by atoms with Gasteiger partial charge in [0.25, 0.3) is 0 Å². The van der Waals surface area contributed by atoms with Gasteiger partial charge >= 0.3 is 0 Å². The summed E-state index contributed by atoms with van der Waals surface area (Å²) in [5.74, 6) is 0.250. The van der Waals surface area contributed by atoms with Crippen LogP contribution in [0.25, 0.3) is 0 Å². The van der Waals surface area contributed by atoms with E-state index in [0.29, 0.717) is 0 Å². The summed E-state index contributed by atoms with van der Waals surface area (Å²) in [4.78, 5) is 9.95. The zero-order valence-corrected chi connectivity index (χ0v) is 4.13. The van der Waals surface area contributed by atoms with Gasteiger partial charge in [-0.15, -0.1) is 0 Å². The SMILES string of the molecule is O=CC1CC[N]C1. The van der Waals surface area contributed by atoms with Crippen molar-refractivity contribution >= 4 is 6.29 Å². The topological polar surface area (TPSA) is 31.2 Å². The molecule has 1 heterocycles. The van der Waals surface area contributed by atoms with Crippen LogP contribution in [-0.4, -0.2) is 19.4 Å². The van der Waals surface area contributed by atoms with Crippen LogP contribution in [0.2, 0.25) is 0 Å². The molecule has 0 spiro atoms. The monoisotopic (exact) mass is 98.1 g/mol. The average molecular weight is 98.1 g/mol. The predicted octanol–water partition coefficient (Wildman–Crippen LogP) is -0.190. The first-order valence-corrected chi connectivity index (χ1v) is 2.52. The zero-order chi connectivity index (χ0) is 5.11. The number of carbonyl (C=O) groups excluding carboxylic acids is 1. The van der Waals surface area contributed by atoms with Crippen molar-refractivity contribution in [3.8, 4) is 0 Å². The molecule has 0 aromatic heterocycles. The third kappa shape index (κ3) is 0.996. The molecule has 0 aliphatic carbocycles. The lowest BCUT2D eigenvalue weighted by molar-refractivity contribution is -0.110. The van der Waals surface area contributed by atoms with Gasteiger partial charge in [-0.3, -0.25) is 0 Å². The van der Waals surface area contributed by atoms with Crippen LogP contribution in [0.1, 0.15) is 6.42 Å². The Balaban J connectivity index is 2.26. The molecular formula is C5H8NO. The van der Waals surface area contributed by atoms with E-state index in [-0.39, 0.29) is 5.92 Å². The molecule has 0 amide bonds. The van der Waals surface area contributed by atoms with Gasteiger partial charge in [-0.25, -0.2) is 5.32 Å². The standard InChI is InChI=1S/C5H8NO/c7-4-5-1-2-6-3-5/h4-5H,1-3H2. The number of hydrogen-bond donors (Lipinski definition) is 0. The Labute approximate surface area is 42.9 Å². The van der Waals surface area contributed by atoms with Gasteiger partial charge in [0, 0.05) is 19.0 Å². The molecule has 1 fully saturated rings. The quantitative estimate of drug-likeness (QED) is 0.418. The van der Waals surface area contributed by atoms with Gasteiger partial charge in [0.2, 0.25) is 0 Å². The molecule has 0 N–H and O–H groups in total. The third-order valence-electron chi connectivity index (χ3n) is 1.21. The lowest BCUT2D eigenvalue weighted by Crippen LogP contribution is -2.02. The summed E-state index contributed by atoms with van der Waals surface area (Å²) in [6.45, 7) is 1.66. The van der Waals surface area contributed by atoms with Crippen molar-refractivity contribution in [2.75, 3.05) is 13.1 Å². The number of carbonyl (C=O) groups is 1. The molecule has 1 unspecified atom stereocenters. The Morgan fingerprint density at radius 2 is 2.57 bits per heavy atom. The van der Waals surface area contributed by atoms with E-state index in [9.17, 15) is 4.79 Å². The zero-order valence-electron chi connectivity index (χ0n) is 4.13. The Morgan fingerprint density at radius 1 is 1.71 bits per heavy atom. The van der Waals surface area contributed by atoms with Gasteiger partial charge < -0.3 is 4.79 Å². The molecule has 1 radical (unpaired) electrons. The smallest absolute Gasteiger partial charge is 0.124 e. The maximum absolute atomic E-state index is 9.95. The first-order chi connectivity index (χ1) is 3.43. The maximum atomic E-state index is 9.95. The average Bonchev–Trinajstić information content (AvgIpc) is 2.14. The van der Waals surface area contributed by atoms with Crippen LogP contribution in [0.3, 0.4) is 0 Å². The fourth-order valence-corrected chi connectivity index (χ4v) is 0.717. The summed E-state index contributed by atoms with van der Waals surface area (Å²) >= 11 is 0. The molecule has 1 rings (SSSR count). The Hall–Kier alpha value is -0.370. The lowest BCUT2D eigenvalue weighted by atomic mass is 10.2. The highest BCUT2D eigenvalue weighted by Crippen LogP contribution is 2.03. The molecule has 7 heavy (non-hydrogen) atoms. The van der Waals surface area contributed by atoms with Crippen molar-refractivity contribution in [1.29, 1.82) is 0 Å². The second-order valence-electron chi connectivity index (χ2n) is 1.81. The Kier molecular flexibility index (Phi) is 1.42. The van der Waals surface area contributed by atoms with Crippen LogP contribution in [0.5, 0.6) is 0 Å². The minimum absolute atomic E-state index is 0.250. The molecule has 2 nitrogen and oxygen atoms in total. The number of rotatable bonds is 1. The lowest BCUT2D eigenvalue weighted by Gasteiger charge is -1.88. The highest BCUT2D eigenvalue weighted by molar-refractivity contribution is 5.54. The fourth-order valence-electron chi connectivity index (χ4n) is 0.717. The van der Waals surface area contributed by atoms with Crippen molar-refractivity contribution in [2.45, 2.75) is 6.42 Å². The Bertz CT molecular complexity index is 66.5. The molecule has 39 valence electrons. The molecule has 2 heteroatoms. The van der Waals surface area contributed by atoms with E-state index in [1.54, 1.807) is 0 Å². The summed E-state index contributed by atoms with van der Waals surface area (Å²) in [6.07, 6.45) is 1.97. The minimum atomic E-state index is 0.250. The van der Waals surface area contributed by atoms with Crippen molar-refractivity contribution in [2.24, 2.45) is 5.92 Å². The van der Waals surface area contributed by atoms with Gasteiger partial charge in [0.1, 0.15) is 6.29 Å². The van der Waals surface area contributed by atoms with Gasteiger partial charge in [-0.2, -0.15) is 0 Å². The third-order valence-corrected chi connectivity index (χ3v) is 1.21. The summed E-state index contributed by atoms with van der Waals surface area (Å²) in [5.41, 5.74) is 0.